The van der Waals surface area contributed by atoms with Crippen LogP contribution in [0.25, 0.3) is 5.69 Å². The Balaban J connectivity index is 1.98. The third-order valence-corrected chi connectivity index (χ3v) is 3.94. The third kappa shape index (κ3) is 3.86. The summed E-state index contributed by atoms with van der Waals surface area (Å²) in [6, 6.07) is 7.39. The maximum Gasteiger partial charge on any atom is 0.299 e. The van der Waals surface area contributed by atoms with Crippen LogP contribution in [0.15, 0.2) is 47.7 Å². The fraction of sp³-hybridized carbons (Fsp3) is 0.222. The minimum Gasteiger partial charge on any atom is -0.496 e. The van der Waals surface area contributed by atoms with Crippen LogP contribution in [-0.4, -0.2) is 46.8 Å². The van der Waals surface area contributed by atoms with Gasteiger partial charge in [-0.15, -0.1) is 0 Å². The van der Waals surface area contributed by atoms with E-state index in [1.807, 2.05) is 30.5 Å². The van der Waals surface area contributed by atoms with E-state index in [0.29, 0.717) is 5.75 Å². The van der Waals surface area contributed by atoms with Gasteiger partial charge < -0.3 is 9.47 Å². The first-order chi connectivity index (χ1) is 13.6. The highest BCUT2D eigenvalue weighted by Crippen LogP contribution is 2.23. The molecule has 10 nitrogen and oxygen atoms in total. The maximum atomic E-state index is 12.3. The molecular weight excluding hydrogens is 366 g/mol. The predicted molar refractivity (Wildman–Crippen MR) is 98.7 cm³/mol. The molecule has 3 aromatic rings. The molecule has 2 heterocycles. The molecule has 1 N–H and O–H groups in total. The second-order valence-electron chi connectivity index (χ2n) is 5.65. The van der Waals surface area contributed by atoms with Crippen LogP contribution in [0.1, 0.15) is 16.1 Å². The highest BCUT2D eigenvalue weighted by atomic mass is 16.6. The molecule has 3 rings (SSSR count). The molecule has 0 spiro atoms. The lowest BCUT2D eigenvalue weighted by Crippen LogP contribution is -2.31. The van der Waals surface area contributed by atoms with E-state index in [2.05, 4.69) is 20.5 Å². The average molecular weight is 385 g/mol. The summed E-state index contributed by atoms with van der Waals surface area (Å²) in [6.07, 6.45) is 4.93. The quantitative estimate of drug-likeness (QED) is 0.599. The summed E-state index contributed by atoms with van der Waals surface area (Å²) in [6.45, 7) is 0.243. The van der Waals surface area contributed by atoms with Gasteiger partial charge in [-0.3, -0.25) is 19.1 Å². The molecule has 28 heavy (non-hydrogen) atoms. The Morgan fingerprint density at radius 2 is 1.96 bits per heavy atom. The number of amides is 1. The van der Waals surface area contributed by atoms with Crippen LogP contribution < -0.4 is 20.4 Å². The van der Waals surface area contributed by atoms with Crippen LogP contribution in [-0.2, 0) is 11.4 Å². The Morgan fingerprint density at radius 3 is 2.61 bits per heavy atom. The Hall–Kier alpha value is -3.66. The Labute approximate surface area is 160 Å². The fourth-order valence-electron chi connectivity index (χ4n) is 2.63. The Kier molecular flexibility index (Phi) is 5.70. The van der Waals surface area contributed by atoms with E-state index in [0.717, 1.165) is 11.3 Å². The average Bonchev–Trinajstić information content (AvgIpc) is 3.24. The van der Waals surface area contributed by atoms with Gasteiger partial charge in [0.15, 0.2) is 5.75 Å². The summed E-state index contributed by atoms with van der Waals surface area (Å²) in [7, 11) is 4.17. The van der Waals surface area contributed by atoms with Gasteiger partial charge in [-0.25, -0.2) is 10.2 Å². The van der Waals surface area contributed by atoms with Gasteiger partial charge in [0.2, 0.25) is 5.69 Å². The molecular formula is C18H19N5O5. The summed E-state index contributed by atoms with van der Waals surface area (Å²) in [5, 5.41) is 8.29. The largest absolute Gasteiger partial charge is 0.496 e. The fourth-order valence-corrected chi connectivity index (χ4v) is 2.63. The maximum absolute atomic E-state index is 12.3. The first kappa shape index (κ1) is 19.1. The van der Waals surface area contributed by atoms with Crippen LogP contribution in [0.2, 0.25) is 0 Å². The predicted octanol–water partition coefficient (Wildman–Crippen LogP) is 0.786. The van der Waals surface area contributed by atoms with E-state index >= 15 is 0 Å². The number of aromatic nitrogens is 4. The van der Waals surface area contributed by atoms with Crippen molar-refractivity contribution in [3.8, 4) is 17.2 Å². The molecule has 1 aromatic carbocycles. The first-order valence-electron chi connectivity index (χ1n) is 8.23. The molecule has 0 saturated carbocycles. The van der Waals surface area contributed by atoms with E-state index in [4.69, 9.17) is 9.47 Å². The molecule has 0 radical (unpaired) electrons. The van der Waals surface area contributed by atoms with Crippen molar-refractivity contribution >= 4 is 5.91 Å². The number of hydroxylamine groups is 1. The number of nitrogens with zero attached hydrogens (tertiary/aromatic N) is 4. The monoisotopic (exact) mass is 385 g/mol. The van der Waals surface area contributed by atoms with Crippen molar-refractivity contribution < 1.29 is 19.1 Å². The summed E-state index contributed by atoms with van der Waals surface area (Å²) < 4.78 is 13.7. The molecule has 0 aliphatic carbocycles. The molecule has 10 heteroatoms. The minimum absolute atomic E-state index is 0.0108. The number of hydrogen-bond acceptors (Lipinski definition) is 7. The van der Waals surface area contributed by atoms with Gasteiger partial charge in [0.25, 0.3) is 11.3 Å². The van der Waals surface area contributed by atoms with Gasteiger partial charge in [0, 0.05) is 24.0 Å². The van der Waals surface area contributed by atoms with Gasteiger partial charge in [-0.2, -0.15) is 10.2 Å². The Bertz CT molecular complexity index is 1030. The number of ether oxygens (including phenoxy) is 2. The molecule has 0 bridgehead atoms. The van der Waals surface area contributed by atoms with Gasteiger partial charge in [-0.1, -0.05) is 6.07 Å². The van der Waals surface area contributed by atoms with E-state index in [1.165, 1.54) is 25.1 Å². The van der Waals surface area contributed by atoms with Crippen LogP contribution in [0, 0.1) is 0 Å². The van der Waals surface area contributed by atoms with Crippen molar-refractivity contribution in [1.82, 2.24) is 25.0 Å². The van der Waals surface area contributed by atoms with E-state index in [9.17, 15) is 9.59 Å². The lowest BCUT2D eigenvalue weighted by molar-refractivity contribution is 0.0528. The number of benzene rings is 1. The zero-order chi connectivity index (χ0) is 20.1. The number of rotatable bonds is 7. The smallest absolute Gasteiger partial charge is 0.299 e. The normalized spacial score (nSPS) is 10.5. The lowest BCUT2D eigenvalue weighted by Gasteiger charge is -2.14. The van der Waals surface area contributed by atoms with Gasteiger partial charge in [0.05, 0.1) is 39.8 Å². The van der Waals surface area contributed by atoms with Gasteiger partial charge in [-0.05, 0) is 12.1 Å². The highest BCUT2D eigenvalue weighted by molar-refractivity contribution is 5.91. The van der Waals surface area contributed by atoms with Crippen molar-refractivity contribution in [2.24, 2.45) is 0 Å². The molecule has 0 aliphatic heterocycles. The zero-order valence-electron chi connectivity index (χ0n) is 15.6. The van der Waals surface area contributed by atoms with Gasteiger partial charge >= 0.3 is 0 Å². The Morgan fingerprint density at radius 1 is 1.18 bits per heavy atom. The van der Waals surface area contributed by atoms with Crippen molar-refractivity contribution in [2.75, 3.05) is 21.3 Å². The molecule has 0 saturated heterocycles. The second-order valence-corrected chi connectivity index (χ2v) is 5.65. The van der Waals surface area contributed by atoms with Crippen LogP contribution >= 0.6 is 0 Å². The minimum atomic E-state index is -0.763. The number of carbonyl (C=O) groups excluding carboxylic acids is 1. The molecule has 0 unspecified atom stereocenters. The van der Waals surface area contributed by atoms with Crippen LogP contribution in [0.5, 0.6) is 11.5 Å². The van der Waals surface area contributed by atoms with Crippen LogP contribution in [0.3, 0.4) is 0 Å². The summed E-state index contributed by atoms with van der Waals surface area (Å²) in [4.78, 5) is 28.9. The van der Waals surface area contributed by atoms with E-state index < -0.39 is 11.3 Å². The number of nitrogens with one attached hydrogen (secondary N) is 1. The van der Waals surface area contributed by atoms with Crippen molar-refractivity contribution in [3.63, 3.8) is 0 Å². The molecule has 0 fully saturated rings. The first-order valence-corrected chi connectivity index (χ1v) is 8.23. The summed E-state index contributed by atoms with van der Waals surface area (Å²) in [5.74, 6) is -0.167. The van der Waals surface area contributed by atoms with Crippen molar-refractivity contribution in [2.45, 2.75) is 6.54 Å². The lowest BCUT2D eigenvalue weighted by atomic mass is 10.1. The number of hydrogen-bond donors (Lipinski definition) is 1. The number of carbonyl (C=O) groups is 1. The topological polar surface area (TPSA) is 110 Å². The molecule has 1 amide bonds. The third-order valence-electron chi connectivity index (χ3n) is 3.94. The summed E-state index contributed by atoms with van der Waals surface area (Å²) in [5.41, 5.74) is 2.73. The van der Waals surface area contributed by atoms with Crippen molar-refractivity contribution in [3.05, 3.63) is 64.3 Å². The number of methoxy groups -OCH3 is 2. The van der Waals surface area contributed by atoms with Crippen molar-refractivity contribution in [1.29, 1.82) is 0 Å². The standard InChI is InChI=1S/C18H19N5O5/c1-26-14-9-13(23-8-4-7-19-23)6-5-12(14)10-22-11-15(27-2)17(24)16(20-22)18(25)21-28-3/h4-9,11H,10H2,1-3H3,(H,21,25). The highest BCUT2D eigenvalue weighted by Gasteiger charge is 2.18. The van der Waals surface area contributed by atoms with Crippen LogP contribution in [0.4, 0.5) is 0 Å². The molecule has 146 valence electrons. The summed E-state index contributed by atoms with van der Waals surface area (Å²) >= 11 is 0. The molecule has 0 aliphatic rings. The van der Waals surface area contributed by atoms with E-state index in [1.54, 1.807) is 18.0 Å². The molecule has 2 aromatic heterocycles. The molecule has 0 atom stereocenters. The second kappa shape index (κ2) is 8.35. The van der Waals surface area contributed by atoms with Gasteiger partial charge in [0.1, 0.15) is 5.75 Å². The zero-order valence-corrected chi connectivity index (χ0v) is 15.6. The van der Waals surface area contributed by atoms with E-state index in [-0.39, 0.29) is 18.0 Å². The SMILES string of the molecule is CONC(=O)c1nn(Cc2ccc(-n3cccn3)cc2OC)cc(OC)c1=O.